The van der Waals surface area contributed by atoms with E-state index in [1.165, 1.54) is 4.90 Å². The zero-order valence-corrected chi connectivity index (χ0v) is 10.8. The van der Waals surface area contributed by atoms with Gasteiger partial charge in [0.25, 0.3) is 0 Å². The first kappa shape index (κ1) is 13.6. The van der Waals surface area contributed by atoms with Crippen LogP contribution in [0.1, 0.15) is 26.7 Å². The molecule has 0 bridgehead atoms. The maximum absolute atomic E-state index is 12.1. The molecule has 3 N–H and O–H groups in total. The topological polar surface area (TPSA) is 82.2 Å². The van der Waals surface area contributed by atoms with Crippen LogP contribution < -0.4 is 5.73 Å². The molecule has 6 nitrogen and oxygen atoms in total. The number of nitrogens with zero attached hydrogens (tertiary/aromatic N) is 3. The van der Waals surface area contributed by atoms with E-state index in [1.807, 2.05) is 4.90 Å². The zero-order valence-electron chi connectivity index (χ0n) is 10.8. The van der Waals surface area contributed by atoms with E-state index in [1.54, 1.807) is 14.0 Å². The summed E-state index contributed by atoms with van der Waals surface area (Å²) in [6, 6.07) is -0.456. The summed E-state index contributed by atoms with van der Waals surface area (Å²) >= 11 is 0. The van der Waals surface area contributed by atoms with Crippen molar-refractivity contribution in [2.75, 3.05) is 20.1 Å². The molecule has 1 unspecified atom stereocenters. The van der Waals surface area contributed by atoms with Crippen LogP contribution in [0.3, 0.4) is 0 Å². The summed E-state index contributed by atoms with van der Waals surface area (Å²) in [6.07, 6.45) is 2.08. The van der Waals surface area contributed by atoms with Crippen LogP contribution in [0.2, 0.25) is 0 Å². The lowest BCUT2D eigenvalue weighted by atomic mass is 9.99. The summed E-state index contributed by atoms with van der Waals surface area (Å²) in [5.41, 5.74) is 5.49. The lowest BCUT2D eigenvalue weighted by molar-refractivity contribution is 0.139. The third-order valence-corrected chi connectivity index (χ3v) is 3.48. The van der Waals surface area contributed by atoms with Gasteiger partial charge in [0.1, 0.15) is 0 Å². The van der Waals surface area contributed by atoms with Crippen LogP contribution >= 0.6 is 0 Å². The van der Waals surface area contributed by atoms with Crippen molar-refractivity contribution in [1.82, 2.24) is 9.80 Å². The zero-order chi connectivity index (χ0) is 13.0. The first-order chi connectivity index (χ1) is 7.97. The van der Waals surface area contributed by atoms with Gasteiger partial charge in [-0.25, -0.2) is 4.79 Å². The molecule has 0 aliphatic carbocycles. The van der Waals surface area contributed by atoms with Crippen LogP contribution in [0.5, 0.6) is 0 Å². The third-order valence-electron chi connectivity index (χ3n) is 3.48. The molecule has 0 spiro atoms. The third kappa shape index (κ3) is 3.25. The molecule has 1 fully saturated rings. The van der Waals surface area contributed by atoms with Crippen LogP contribution in [0.15, 0.2) is 5.16 Å². The Hall–Kier alpha value is -1.46. The van der Waals surface area contributed by atoms with E-state index in [-0.39, 0.29) is 11.9 Å². The first-order valence-corrected chi connectivity index (χ1v) is 5.96. The highest BCUT2D eigenvalue weighted by Gasteiger charge is 2.26. The quantitative estimate of drug-likeness (QED) is 0.327. The van der Waals surface area contributed by atoms with Crippen molar-refractivity contribution in [2.45, 2.75) is 32.7 Å². The number of carbonyl (C=O) groups excluding carboxylic acids is 1. The van der Waals surface area contributed by atoms with Gasteiger partial charge in [-0.3, -0.25) is 0 Å². The smallest absolute Gasteiger partial charge is 0.320 e. The number of amidine groups is 1. The SMILES string of the molecule is CC1CCN(C(=O)N(C)C(C)C(N)=NO)CC1. The number of likely N-dealkylation sites (N-methyl/N-ethyl adjacent to an activating group) is 1. The van der Waals surface area contributed by atoms with E-state index in [9.17, 15) is 4.79 Å². The van der Waals surface area contributed by atoms with Gasteiger partial charge in [0.15, 0.2) is 5.84 Å². The number of amides is 2. The Morgan fingerprint density at radius 2 is 2.06 bits per heavy atom. The summed E-state index contributed by atoms with van der Waals surface area (Å²) in [7, 11) is 1.67. The van der Waals surface area contributed by atoms with Crippen molar-refractivity contribution in [3.63, 3.8) is 0 Å². The Morgan fingerprint density at radius 1 is 1.53 bits per heavy atom. The summed E-state index contributed by atoms with van der Waals surface area (Å²) in [6.45, 7) is 5.50. The molecule has 1 aliphatic rings. The molecule has 1 heterocycles. The highest BCUT2D eigenvalue weighted by molar-refractivity contribution is 5.89. The number of oxime groups is 1. The van der Waals surface area contributed by atoms with E-state index in [0.29, 0.717) is 5.92 Å². The van der Waals surface area contributed by atoms with Gasteiger partial charge in [-0.1, -0.05) is 12.1 Å². The molecular weight excluding hydrogens is 220 g/mol. The summed E-state index contributed by atoms with van der Waals surface area (Å²) in [5.74, 6) is 0.733. The molecule has 6 heteroatoms. The number of piperidine rings is 1. The second-order valence-electron chi connectivity index (χ2n) is 4.76. The molecular formula is C11H22N4O2. The van der Waals surface area contributed by atoms with Gasteiger partial charge in [-0.15, -0.1) is 0 Å². The lowest BCUT2D eigenvalue weighted by Gasteiger charge is -2.35. The second kappa shape index (κ2) is 5.75. The standard InChI is InChI=1S/C11H22N4O2/c1-8-4-6-15(7-5-8)11(16)14(3)9(2)10(12)13-17/h8-9,17H,4-7H2,1-3H3,(H2,12,13). The number of hydrogen-bond donors (Lipinski definition) is 2. The Morgan fingerprint density at radius 3 is 2.53 bits per heavy atom. The molecule has 0 aromatic carbocycles. The van der Waals surface area contributed by atoms with Crippen molar-refractivity contribution in [3.05, 3.63) is 0 Å². The molecule has 1 rings (SSSR count). The summed E-state index contributed by atoms with van der Waals surface area (Å²) < 4.78 is 0. The molecule has 1 aliphatic heterocycles. The number of carbonyl (C=O) groups is 1. The number of rotatable bonds is 2. The van der Waals surface area contributed by atoms with E-state index >= 15 is 0 Å². The molecule has 2 amide bonds. The van der Waals surface area contributed by atoms with Gasteiger partial charge in [-0.2, -0.15) is 0 Å². The van der Waals surface area contributed by atoms with Gasteiger partial charge < -0.3 is 20.7 Å². The van der Waals surface area contributed by atoms with Gasteiger partial charge >= 0.3 is 6.03 Å². The average Bonchev–Trinajstić information content (AvgIpc) is 2.36. The molecule has 1 saturated heterocycles. The van der Waals surface area contributed by atoms with Crippen LogP contribution in [0.4, 0.5) is 4.79 Å². The Kier molecular flexibility index (Phi) is 4.60. The van der Waals surface area contributed by atoms with Crippen molar-refractivity contribution >= 4 is 11.9 Å². The van der Waals surface area contributed by atoms with E-state index < -0.39 is 6.04 Å². The second-order valence-corrected chi connectivity index (χ2v) is 4.76. The first-order valence-electron chi connectivity index (χ1n) is 5.96. The van der Waals surface area contributed by atoms with Gasteiger partial charge in [-0.05, 0) is 25.7 Å². The minimum atomic E-state index is -0.396. The summed E-state index contributed by atoms with van der Waals surface area (Å²) in [4.78, 5) is 15.5. The average molecular weight is 242 g/mol. The van der Waals surface area contributed by atoms with E-state index in [4.69, 9.17) is 10.9 Å². The predicted molar refractivity (Wildman–Crippen MR) is 66.0 cm³/mol. The van der Waals surface area contributed by atoms with E-state index in [2.05, 4.69) is 12.1 Å². The normalized spacial score (nSPS) is 20.2. The molecule has 1 atom stereocenters. The Labute approximate surface area is 102 Å². The molecule has 0 aromatic rings. The number of hydrogen-bond acceptors (Lipinski definition) is 3. The minimum absolute atomic E-state index is 0.0474. The van der Waals surface area contributed by atoms with Crippen LogP contribution in [0.25, 0.3) is 0 Å². The highest BCUT2D eigenvalue weighted by Crippen LogP contribution is 2.17. The molecule has 0 saturated carbocycles. The fraction of sp³-hybridized carbons (Fsp3) is 0.818. The Balaban J connectivity index is 2.57. The fourth-order valence-corrected chi connectivity index (χ4v) is 1.87. The maximum Gasteiger partial charge on any atom is 0.320 e. The van der Waals surface area contributed by atoms with Gasteiger partial charge in [0.2, 0.25) is 0 Å². The predicted octanol–water partition coefficient (Wildman–Crippen LogP) is 0.905. The van der Waals surface area contributed by atoms with Crippen molar-refractivity contribution in [1.29, 1.82) is 0 Å². The monoisotopic (exact) mass is 242 g/mol. The van der Waals surface area contributed by atoms with Crippen molar-refractivity contribution in [2.24, 2.45) is 16.8 Å². The number of likely N-dealkylation sites (tertiary alicyclic amines) is 1. The fourth-order valence-electron chi connectivity index (χ4n) is 1.87. The van der Waals surface area contributed by atoms with Gasteiger partial charge in [0.05, 0.1) is 6.04 Å². The molecule has 17 heavy (non-hydrogen) atoms. The lowest BCUT2D eigenvalue weighted by Crippen LogP contribution is -2.51. The van der Waals surface area contributed by atoms with Crippen molar-refractivity contribution < 1.29 is 10.0 Å². The van der Waals surface area contributed by atoms with Crippen molar-refractivity contribution in [3.8, 4) is 0 Å². The maximum atomic E-state index is 12.1. The Bertz CT molecular complexity index is 298. The molecule has 0 aromatic heterocycles. The number of nitrogens with two attached hydrogens (primary N) is 1. The van der Waals surface area contributed by atoms with Gasteiger partial charge in [0, 0.05) is 20.1 Å². The summed E-state index contributed by atoms with van der Waals surface area (Å²) in [5, 5.41) is 11.5. The largest absolute Gasteiger partial charge is 0.409 e. The van der Waals surface area contributed by atoms with E-state index in [0.717, 1.165) is 25.9 Å². The minimum Gasteiger partial charge on any atom is -0.409 e. The number of urea groups is 1. The molecule has 98 valence electrons. The van der Waals surface area contributed by atoms with Crippen LogP contribution in [-0.2, 0) is 0 Å². The van der Waals surface area contributed by atoms with Crippen LogP contribution in [-0.4, -0.2) is 53.1 Å². The highest BCUT2D eigenvalue weighted by atomic mass is 16.4. The van der Waals surface area contributed by atoms with Crippen LogP contribution in [0, 0.1) is 5.92 Å². The molecule has 0 radical (unpaired) electrons.